The third-order valence-corrected chi connectivity index (χ3v) is 4.00. The molecule has 2 heterocycles. The van der Waals surface area contributed by atoms with Gasteiger partial charge in [-0.2, -0.15) is 0 Å². The van der Waals surface area contributed by atoms with Gasteiger partial charge in [0.05, 0.1) is 16.2 Å². The molecule has 0 fully saturated rings. The number of phenolic OH excluding ortho intramolecular Hbond substituents is 1. The average molecular weight is 322 g/mol. The number of rotatable bonds is 2. The third-order valence-electron chi connectivity index (χ3n) is 3.69. The molecule has 0 saturated carbocycles. The number of benzene rings is 2. The zero-order valence-electron chi connectivity index (χ0n) is 12.0. The molecule has 0 unspecified atom stereocenters. The third kappa shape index (κ3) is 2.33. The van der Waals surface area contributed by atoms with E-state index >= 15 is 0 Å². The number of fused-ring (bicyclic) bond motifs is 1. The summed E-state index contributed by atoms with van der Waals surface area (Å²) in [6.07, 6.45) is 3.42. The monoisotopic (exact) mass is 321 g/mol. The zero-order chi connectivity index (χ0) is 15.8. The van der Waals surface area contributed by atoms with Gasteiger partial charge in [0.15, 0.2) is 0 Å². The SMILES string of the molecule is Oc1ccc(-c2cc3ccccc3n2-c2ncccn2)c(Cl)c1. The van der Waals surface area contributed by atoms with E-state index in [2.05, 4.69) is 9.97 Å². The summed E-state index contributed by atoms with van der Waals surface area (Å²) in [4.78, 5) is 8.73. The molecule has 1 N–H and O–H groups in total. The molecule has 4 rings (SSSR count). The second kappa shape index (κ2) is 5.41. The van der Waals surface area contributed by atoms with E-state index in [0.717, 1.165) is 22.2 Å². The zero-order valence-corrected chi connectivity index (χ0v) is 12.8. The number of aromatic nitrogens is 3. The molecule has 0 saturated heterocycles. The molecule has 0 amide bonds. The van der Waals surface area contributed by atoms with E-state index in [1.165, 1.54) is 6.07 Å². The van der Waals surface area contributed by atoms with Crippen LogP contribution in [0.15, 0.2) is 67.0 Å². The first-order valence-corrected chi connectivity index (χ1v) is 7.48. The smallest absolute Gasteiger partial charge is 0.234 e. The first-order valence-electron chi connectivity index (χ1n) is 7.11. The van der Waals surface area contributed by atoms with Gasteiger partial charge in [0, 0.05) is 23.3 Å². The van der Waals surface area contributed by atoms with Crippen molar-refractivity contribution in [2.45, 2.75) is 0 Å². The van der Waals surface area contributed by atoms with Crippen LogP contribution >= 0.6 is 11.6 Å². The van der Waals surface area contributed by atoms with Crippen LogP contribution in [0, 0.1) is 0 Å². The number of aromatic hydroxyl groups is 1. The van der Waals surface area contributed by atoms with Gasteiger partial charge in [-0.05, 0) is 36.4 Å². The Morgan fingerprint density at radius 1 is 0.913 bits per heavy atom. The van der Waals surface area contributed by atoms with Crippen LogP contribution in [0.5, 0.6) is 5.75 Å². The minimum atomic E-state index is 0.136. The molecule has 0 aliphatic carbocycles. The summed E-state index contributed by atoms with van der Waals surface area (Å²) >= 11 is 6.34. The van der Waals surface area contributed by atoms with Crippen molar-refractivity contribution >= 4 is 22.5 Å². The molecule has 112 valence electrons. The van der Waals surface area contributed by atoms with Crippen molar-refractivity contribution in [1.82, 2.24) is 14.5 Å². The molecule has 2 aromatic carbocycles. The Bertz CT molecular complexity index is 996. The molecule has 0 aliphatic heterocycles. The van der Waals surface area contributed by atoms with Gasteiger partial charge in [0.25, 0.3) is 0 Å². The summed E-state index contributed by atoms with van der Waals surface area (Å²) in [5, 5.41) is 11.1. The van der Waals surface area contributed by atoms with Gasteiger partial charge < -0.3 is 5.11 Å². The lowest BCUT2D eigenvalue weighted by atomic mass is 10.1. The maximum absolute atomic E-state index is 9.59. The van der Waals surface area contributed by atoms with Crippen LogP contribution in [0.25, 0.3) is 28.1 Å². The fourth-order valence-corrected chi connectivity index (χ4v) is 2.96. The maximum Gasteiger partial charge on any atom is 0.234 e. The van der Waals surface area contributed by atoms with Crippen molar-refractivity contribution in [3.05, 3.63) is 72.0 Å². The number of hydrogen-bond donors (Lipinski definition) is 1. The molecule has 0 radical (unpaired) electrons. The number of para-hydroxylation sites is 1. The second-order valence-electron chi connectivity index (χ2n) is 5.14. The van der Waals surface area contributed by atoms with Crippen molar-refractivity contribution in [1.29, 1.82) is 0 Å². The number of halogens is 1. The van der Waals surface area contributed by atoms with E-state index in [0.29, 0.717) is 11.0 Å². The highest BCUT2D eigenvalue weighted by molar-refractivity contribution is 6.33. The van der Waals surface area contributed by atoms with Crippen molar-refractivity contribution in [2.75, 3.05) is 0 Å². The fraction of sp³-hybridized carbons (Fsp3) is 0. The summed E-state index contributed by atoms with van der Waals surface area (Å²) < 4.78 is 1.97. The molecule has 2 aromatic heterocycles. The Labute approximate surface area is 137 Å². The quantitative estimate of drug-likeness (QED) is 0.593. The Morgan fingerprint density at radius 3 is 2.48 bits per heavy atom. The van der Waals surface area contributed by atoms with Gasteiger partial charge in [-0.1, -0.05) is 29.8 Å². The fourth-order valence-electron chi connectivity index (χ4n) is 2.69. The summed E-state index contributed by atoms with van der Waals surface area (Å²) in [6.45, 7) is 0. The van der Waals surface area contributed by atoms with Crippen LogP contribution in [-0.2, 0) is 0 Å². The Hall–Kier alpha value is -2.85. The second-order valence-corrected chi connectivity index (χ2v) is 5.54. The highest BCUT2D eigenvalue weighted by atomic mass is 35.5. The van der Waals surface area contributed by atoms with Crippen LogP contribution in [0.4, 0.5) is 0 Å². The lowest BCUT2D eigenvalue weighted by Gasteiger charge is -2.10. The Morgan fingerprint density at radius 2 is 1.70 bits per heavy atom. The van der Waals surface area contributed by atoms with E-state index in [1.54, 1.807) is 30.6 Å². The number of phenols is 1. The summed E-state index contributed by atoms with van der Waals surface area (Å²) in [5.41, 5.74) is 2.69. The van der Waals surface area contributed by atoms with Crippen LogP contribution in [0.3, 0.4) is 0 Å². The molecule has 0 spiro atoms. The average Bonchev–Trinajstić information content (AvgIpc) is 2.94. The molecule has 0 aliphatic rings. The van der Waals surface area contributed by atoms with Crippen LogP contribution in [0.1, 0.15) is 0 Å². The first kappa shape index (κ1) is 13.8. The van der Waals surface area contributed by atoms with Gasteiger partial charge in [-0.3, -0.25) is 4.57 Å². The number of nitrogens with zero attached hydrogens (tertiary/aromatic N) is 3. The summed E-state index contributed by atoms with van der Waals surface area (Å²) in [6, 6.07) is 16.8. The highest BCUT2D eigenvalue weighted by Gasteiger charge is 2.16. The van der Waals surface area contributed by atoms with Crippen molar-refractivity contribution in [3.8, 4) is 23.0 Å². The minimum absolute atomic E-state index is 0.136. The van der Waals surface area contributed by atoms with Gasteiger partial charge in [0.1, 0.15) is 5.75 Å². The first-order chi connectivity index (χ1) is 11.2. The van der Waals surface area contributed by atoms with Crippen LogP contribution in [0.2, 0.25) is 5.02 Å². The molecule has 23 heavy (non-hydrogen) atoms. The summed E-state index contributed by atoms with van der Waals surface area (Å²) in [7, 11) is 0. The molecular weight excluding hydrogens is 310 g/mol. The molecule has 0 bridgehead atoms. The van der Waals surface area contributed by atoms with E-state index in [1.807, 2.05) is 34.9 Å². The highest BCUT2D eigenvalue weighted by Crippen LogP contribution is 2.35. The molecule has 4 aromatic rings. The maximum atomic E-state index is 9.59. The van der Waals surface area contributed by atoms with Gasteiger partial charge in [-0.25, -0.2) is 9.97 Å². The van der Waals surface area contributed by atoms with Crippen LogP contribution in [-0.4, -0.2) is 19.6 Å². The van der Waals surface area contributed by atoms with E-state index in [9.17, 15) is 5.11 Å². The Balaban J connectivity index is 2.07. The minimum Gasteiger partial charge on any atom is -0.508 e. The van der Waals surface area contributed by atoms with E-state index < -0.39 is 0 Å². The molecule has 4 nitrogen and oxygen atoms in total. The van der Waals surface area contributed by atoms with Gasteiger partial charge >= 0.3 is 0 Å². The Kier molecular flexibility index (Phi) is 3.24. The van der Waals surface area contributed by atoms with Gasteiger partial charge in [-0.15, -0.1) is 0 Å². The normalized spacial score (nSPS) is 11.0. The van der Waals surface area contributed by atoms with Gasteiger partial charge in [0.2, 0.25) is 5.95 Å². The molecular formula is C18H12ClN3O. The number of hydrogen-bond acceptors (Lipinski definition) is 3. The van der Waals surface area contributed by atoms with Crippen molar-refractivity contribution < 1.29 is 5.11 Å². The lowest BCUT2D eigenvalue weighted by Crippen LogP contribution is -2.01. The van der Waals surface area contributed by atoms with Crippen molar-refractivity contribution in [3.63, 3.8) is 0 Å². The standard InChI is InChI=1S/C18H12ClN3O/c19-15-11-13(23)6-7-14(15)17-10-12-4-1-2-5-16(12)22(17)18-20-8-3-9-21-18/h1-11,23H. The van der Waals surface area contributed by atoms with E-state index in [4.69, 9.17) is 11.6 Å². The van der Waals surface area contributed by atoms with Crippen molar-refractivity contribution in [2.24, 2.45) is 0 Å². The lowest BCUT2D eigenvalue weighted by molar-refractivity contribution is 0.475. The predicted molar refractivity (Wildman–Crippen MR) is 91.0 cm³/mol. The molecule has 5 heteroatoms. The summed E-state index contributed by atoms with van der Waals surface area (Å²) in [5.74, 6) is 0.713. The predicted octanol–water partition coefficient (Wildman–Crippen LogP) is 4.45. The largest absolute Gasteiger partial charge is 0.508 e. The van der Waals surface area contributed by atoms with Crippen LogP contribution < -0.4 is 0 Å². The topological polar surface area (TPSA) is 50.9 Å². The van der Waals surface area contributed by atoms with E-state index in [-0.39, 0.29) is 5.75 Å². The molecule has 0 atom stereocenters.